The van der Waals surface area contributed by atoms with Crippen LogP contribution in [0.5, 0.6) is 0 Å². The molecule has 0 bridgehead atoms. The van der Waals surface area contributed by atoms with Crippen molar-refractivity contribution in [3.63, 3.8) is 0 Å². The van der Waals surface area contributed by atoms with E-state index in [1.807, 2.05) is 30.5 Å². The van der Waals surface area contributed by atoms with Gasteiger partial charge in [0.2, 0.25) is 5.91 Å². The average molecular weight is 291 g/mol. The first kappa shape index (κ1) is 15.1. The fourth-order valence-corrected chi connectivity index (χ4v) is 2.79. The Balaban J connectivity index is 2.00. The minimum absolute atomic E-state index is 0.0283. The van der Waals surface area contributed by atoms with Crippen molar-refractivity contribution in [2.45, 2.75) is 31.1 Å². The van der Waals surface area contributed by atoms with Gasteiger partial charge < -0.3 is 4.90 Å². The molecule has 108 valence electrons. The lowest BCUT2D eigenvalue weighted by Crippen LogP contribution is -2.35. The molecule has 0 saturated carbocycles. The molecule has 1 aliphatic rings. The number of hydrogen-bond donors (Lipinski definition) is 0. The molecule has 1 aliphatic heterocycles. The molecular weight excluding hydrogens is 270 g/mol. The Morgan fingerprint density at radius 1 is 1.30 bits per heavy atom. The second-order valence-corrected chi connectivity index (χ2v) is 6.28. The number of carbonyl (C=O) groups is 2. The van der Waals surface area contributed by atoms with Gasteiger partial charge in [-0.3, -0.25) is 9.59 Å². The van der Waals surface area contributed by atoms with Crippen molar-refractivity contribution >= 4 is 23.5 Å². The van der Waals surface area contributed by atoms with Gasteiger partial charge in [-0.25, -0.2) is 0 Å². The van der Waals surface area contributed by atoms with Crippen molar-refractivity contribution in [1.82, 2.24) is 4.90 Å². The topological polar surface area (TPSA) is 37.4 Å². The lowest BCUT2D eigenvalue weighted by molar-refractivity contribution is -0.130. The van der Waals surface area contributed by atoms with Crippen LogP contribution in [0.1, 0.15) is 36.5 Å². The van der Waals surface area contributed by atoms with Crippen LogP contribution in [0.15, 0.2) is 29.2 Å². The van der Waals surface area contributed by atoms with E-state index in [0.29, 0.717) is 24.4 Å². The van der Waals surface area contributed by atoms with Gasteiger partial charge in [0.1, 0.15) is 0 Å². The number of benzene rings is 1. The zero-order valence-electron chi connectivity index (χ0n) is 12.1. The van der Waals surface area contributed by atoms with Crippen LogP contribution in [0.25, 0.3) is 0 Å². The summed E-state index contributed by atoms with van der Waals surface area (Å²) in [6.07, 6.45) is 4.50. The first-order valence-corrected chi connectivity index (χ1v) is 8.27. The van der Waals surface area contributed by atoms with Crippen LogP contribution in [-0.4, -0.2) is 35.9 Å². The highest BCUT2D eigenvalue weighted by molar-refractivity contribution is 7.98. The number of ketones is 1. The molecule has 1 aromatic rings. The van der Waals surface area contributed by atoms with Crippen LogP contribution in [0.3, 0.4) is 0 Å². The number of hydrogen-bond acceptors (Lipinski definition) is 3. The molecule has 0 radical (unpaired) electrons. The Labute approximate surface area is 124 Å². The fraction of sp³-hybridized carbons (Fsp3) is 0.500. The highest BCUT2D eigenvalue weighted by atomic mass is 32.2. The number of carbonyl (C=O) groups excluding carboxylic acids is 2. The molecule has 20 heavy (non-hydrogen) atoms. The second kappa shape index (κ2) is 6.93. The predicted molar refractivity (Wildman–Crippen MR) is 82.1 cm³/mol. The molecule has 2 rings (SSSR count). The minimum Gasteiger partial charge on any atom is -0.335 e. The lowest BCUT2D eigenvalue weighted by atomic mass is 10.0. The Hall–Kier alpha value is -1.29. The SMILES string of the molecule is CSc1ccc(C(=O)CN2CCC(C)CCC2=O)cc1. The summed E-state index contributed by atoms with van der Waals surface area (Å²) in [6.45, 7) is 3.08. The van der Waals surface area contributed by atoms with E-state index in [9.17, 15) is 9.59 Å². The summed E-state index contributed by atoms with van der Waals surface area (Å²) in [4.78, 5) is 27.1. The van der Waals surface area contributed by atoms with Crippen LogP contribution < -0.4 is 0 Å². The van der Waals surface area contributed by atoms with Crippen LogP contribution in [0.2, 0.25) is 0 Å². The highest BCUT2D eigenvalue weighted by Crippen LogP contribution is 2.19. The van der Waals surface area contributed by atoms with Crippen molar-refractivity contribution in [2.24, 2.45) is 5.92 Å². The van der Waals surface area contributed by atoms with E-state index in [-0.39, 0.29) is 18.2 Å². The molecule has 1 atom stereocenters. The first-order valence-electron chi connectivity index (χ1n) is 7.05. The Morgan fingerprint density at radius 2 is 2.00 bits per heavy atom. The maximum atomic E-state index is 12.3. The summed E-state index contributed by atoms with van der Waals surface area (Å²) in [5, 5.41) is 0. The summed E-state index contributed by atoms with van der Waals surface area (Å²) in [6, 6.07) is 7.59. The number of thioether (sulfide) groups is 1. The third-order valence-corrected chi connectivity index (χ3v) is 4.59. The van der Waals surface area contributed by atoms with E-state index in [4.69, 9.17) is 0 Å². The van der Waals surface area contributed by atoms with Gasteiger partial charge in [-0.15, -0.1) is 11.8 Å². The first-order chi connectivity index (χ1) is 9.60. The van der Waals surface area contributed by atoms with Gasteiger partial charge in [-0.2, -0.15) is 0 Å². The van der Waals surface area contributed by atoms with Crippen LogP contribution in [-0.2, 0) is 4.79 Å². The van der Waals surface area contributed by atoms with E-state index >= 15 is 0 Å². The number of likely N-dealkylation sites (tertiary alicyclic amines) is 1. The molecule has 1 heterocycles. The van der Waals surface area contributed by atoms with Crippen LogP contribution >= 0.6 is 11.8 Å². The van der Waals surface area contributed by atoms with Gasteiger partial charge >= 0.3 is 0 Å². The molecule has 0 aliphatic carbocycles. The van der Waals surface area contributed by atoms with Gasteiger partial charge in [-0.05, 0) is 37.1 Å². The number of amides is 1. The molecule has 3 nitrogen and oxygen atoms in total. The van der Waals surface area contributed by atoms with Gasteiger partial charge in [0, 0.05) is 23.4 Å². The molecule has 1 amide bonds. The second-order valence-electron chi connectivity index (χ2n) is 5.40. The maximum absolute atomic E-state index is 12.3. The normalized spacial score (nSPS) is 19.8. The van der Waals surface area contributed by atoms with Crippen molar-refractivity contribution in [1.29, 1.82) is 0 Å². The molecule has 4 heteroatoms. The minimum atomic E-state index is 0.0283. The largest absolute Gasteiger partial charge is 0.335 e. The fourth-order valence-electron chi connectivity index (χ4n) is 2.38. The monoisotopic (exact) mass is 291 g/mol. The molecule has 0 N–H and O–H groups in total. The molecular formula is C16H21NO2S. The summed E-state index contributed by atoms with van der Waals surface area (Å²) in [7, 11) is 0. The molecule has 1 saturated heterocycles. The summed E-state index contributed by atoms with van der Waals surface area (Å²) in [5.41, 5.74) is 0.688. The average Bonchev–Trinajstić information content (AvgIpc) is 2.63. The van der Waals surface area contributed by atoms with Gasteiger partial charge in [0.15, 0.2) is 5.78 Å². The standard InChI is InChI=1S/C16H21NO2S/c1-12-3-8-16(19)17(10-9-12)11-15(18)13-4-6-14(20-2)7-5-13/h4-7,12H,3,8-11H2,1-2H3. The molecule has 0 spiro atoms. The van der Waals surface area contributed by atoms with E-state index in [1.165, 1.54) is 0 Å². The van der Waals surface area contributed by atoms with Gasteiger partial charge in [0.05, 0.1) is 6.54 Å². The predicted octanol–water partition coefficient (Wildman–Crippen LogP) is 3.24. The van der Waals surface area contributed by atoms with Crippen LogP contribution in [0.4, 0.5) is 0 Å². The maximum Gasteiger partial charge on any atom is 0.222 e. The Bertz CT molecular complexity index is 484. The number of rotatable bonds is 4. The smallest absolute Gasteiger partial charge is 0.222 e. The van der Waals surface area contributed by atoms with Crippen molar-refractivity contribution < 1.29 is 9.59 Å². The molecule has 1 unspecified atom stereocenters. The van der Waals surface area contributed by atoms with Crippen molar-refractivity contribution in [3.8, 4) is 0 Å². The number of nitrogens with zero attached hydrogens (tertiary/aromatic N) is 1. The van der Waals surface area contributed by atoms with Crippen molar-refractivity contribution in [2.75, 3.05) is 19.3 Å². The van der Waals surface area contributed by atoms with Gasteiger partial charge in [0.25, 0.3) is 0 Å². The van der Waals surface area contributed by atoms with Crippen LogP contribution in [0, 0.1) is 5.92 Å². The Kier molecular flexibility index (Phi) is 5.24. The summed E-state index contributed by atoms with van der Waals surface area (Å²) >= 11 is 1.65. The number of Topliss-reactive ketones (excluding diaryl/α,β-unsaturated/α-hetero) is 1. The van der Waals surface area contributed by atoms with E-state index in [0.717, 1.165) is 17.7 Å². The zero-order valence-corrected chi connectivity index (χ0v) is 12.9. The van der Waals surface area contributed by atoms with E-state index in [2.05, 4.69) is 6.92 Å². The zero-order chi connectivity index (χ0) is 14.5. The van der Waals surface area contributed by atoms with Gasteiger partial charge in [-0.1, -0.05) is 19.1 Å². The summed E-state index contributed by atoms with van der Waals surface area (Å²) in [5.74, 6) is 0.712. The lowest BCUT2D eigenvalue weighted by Gasteiger charge is -2.19. The Morgan fingerprint density at radius 3 is 2.65 bits per heavy atom. The molecule has 1 aromatic carbocycles. The molecule has 1 fully saturated rings. The third-order valence-electron chi connectivity index (χ3n) is 3.84. The quantitative estimate of drug-likeness (QED) is 0.631. The molecule has 0 aromatic heterocycles. The highest BCUT2D eigenvalue weighted by Gasteiger charge is 2.22. The van der Waals surface area contributed by atoms with Crippen molar-refractivity contribution in [3.05, 3.63) is 29.8 Å². The van der Waals surface area contributed by atoms with E-state index < -0.39 is 0 Å². The van der Waals surface area contributed by atoms with E-state index in [1.54, 1.807) is 16.7 Å². The third kappa shape index (κ3) is 3.85. The summed E-state index contributed by atoms with van der Waals surface area (Å²) < 4.78 is 0.